The normalized spacial score (nSPS) is 17.7. The summed E-state index contributed by atoms with van der Waals surface area (Å²) in [6.45, 7) is 2.11. The molecule has 1 nitrogen and oxygen atoms in total. The average molecular weight is 301 g/mol. The fourth-order valence-electron chi connectivity index (χ4n) is 2.98. The zero-order valence-corrected chi connectivity index (χ0v) is 13.1. The Morgan fingerprint density at radius 1 is 1.09 bits per heavy atom. The summed E-state index contributed by atoms with van der Waals surface area (Å²) in [6.07, 6.45) is 11.9. The van der Waals surface area contributed by atoms with Crippen LogP contribution in [0.4, 0.5) is 0 Å². The molecule has 0 saturated carbocycles. The van der Waals surface area contributed by atoms with Crippen LogP contribution < -0.4 is 0 Å². The molecule has 22 heavy (non-hydrogen) atoms. The Morgan fingerprint density at radius 3 is 2.77 bits per heavy atom. The van der Waals surface area contributed by atoms with Gasteiger partial charge >= 0.3 is 0 Å². The summed E-state index contributed by atoms with van der Waals surface area (Å²) in [6, 6.07) is 18.1. The summed E-state index contributed by atoms with van der Waals surface area (Å²) in [5.41, 5.74) is 2.48. The van der Waals surface area contributed by atoms with Gasteiger partial charge in [-0.3, -0.25) is 4.90 Å². The number of terminal acetylenes is 1. The minimum absolute atomic E-state index is 0.109. The molecule has 0 fully saturated rings. The van der Waals surface area contributed by atoms with E-state index < -0.39 is 0 Å². The van der Waals surface area contributed by atoms with E-state index in [1.54, 1.807) is 0 Å². The number of hydrogen-bond donors (Lipinski definition) is 0. The number of thiophene rings is 1. The van der Waals surface area contributed by atoms with Crippen LogP contribution in [0, 0.1) is 12.5 Å². The molecule has 4 rings (SSSR count). The Kier molecular flexibility index (Phi) is 3.03. The molecule has 0 N–H and O–H groups in total. The molecule has 0 saturated heterocycles. The van der Waals surface area contributed by atoms with Crippen LogP contribution >= 0.6 is 11.3 Å². The van der Waals surface area contributed by atoms with Crippen LogP contribution in [0.15, 0.2) is 66.4 Å². The number of rotatable bonds is 1. The van der Waals surface area contributed by atoms with Crippen LogP contribution in [0.25, 0.3) is 20.2 Å². The van der Waals surface area contributed by atoms with E-state index in [1.807, 2.05) is 22.4 Å². The highest BCUT2D eigenvalue weighted by Gasteiger charge is 2.18. The average Bonchev–Trinajstić information content (AvgIpc) is 2.92. The van der Waals surface area contributed by atoms with Crippen molar-refractivity contribution in [2.24, 2.45) is 0 Å². The molecule has 1 aliphatic rings. The molecule has 1 atom stereocenters. The van der Waals surface area contributed by atoms with Crippen LogP contribution in [-0.4, -0.2) is 4.90 Å². The highest BCUT2D eigenvalue weighted by molar-refractivity contribution is 7.25. The molecule has 106 valence electrons. The molecule has 0 spiro atoms. The maximum absolute atomic E-state index is 5.66. The maximum atomic E-state index is 5.66. The van der Waals surface area contributed by atoms with Gasteiger partial charge in [0.2, 0.25) is 0 Å². The van der Waals surface area contributed by atoms with E-state index >= 15 is 0 Å². The smallest absolute Gasteiger partial charge is 0.0855 e. The highest BCUT2D eigenvalue weighted by atomic mass is 32.1. The number of benzene rings is 2. The van der Waals surface area contributed by atoms with E-state index in [1.165, 1.54) is 31.3 Å². The van der Waals surface area contributed by atoms with Crippen molar-refractivity contribution < 1.29 is 0 Å². The van der Waals surface area contributed by atoms with Gasteiger partial charge in [-0.05, 0) is 36.8 Å². The highest BCUT2D eigenvalue weighted by Crippen LogP contribution is 2.36. The Labute approximate surface area is 134 Å². The number of nitrogens with zero attached hydrogens (tertiary/aromatic N) is 1. The molecule has 2 heterocycles. The van der Waals surface area contributed by atoms with Gasteiger partial charge < -0.3 is 0 Å². The third-order valence-electron chi connectivity index (χ3n) is 4.11. The van der Waals surface area contributed by atoms with Crippen LogP contribution in [0.3, 0.4) is 0 Å². The molecule has 0 radical (unpaired) electrons. The molecule has 0 bridgehead atoms. The van der Waals surface area contributed by atoms with Gasteiger partial charge in [0.1, 0.15) is 0 Å². The van der Waals surface area contributed by atoms with Crippen LogP contribution in [0.1, 0.15) is 18.5 Å². The van der Waals surface area contributed by atoms with Gasteiger partial charge in [0.25, 0.3) is 0 Å². The van der Waals surface area contributed by atoms with E-state index in [-0.39, 0.29) is 6.04 Å². The van der Waals surface area contributed by atoms with Crippen molar-refractivity contribution in [3.63, 3.8) is 0 Å². The number of hydrogen-bond acceptors (Lipinski definition) is 2. The maximum Gasteiger partial charge on any atom is 0.0855 e. The predicted octanol–water partition coefficient (Wildman–Crippen LogP) is 5.46. The molecule has 0 aliphatic carbocycles. The largest absolute Gasteiger partial charge is 0.297 e. The quantitative estimate of drug-likeness (QED) is 0.539. The molecular formula is C20H15NS. The van der Waals surface area contributed by atoms with Crippen molar-refractivity contribution in [3.8, 4) is 12.5 Å². The number of fused-ring (bicyclic) bond motifs is 3. The first kappa shape index (κ1) is 13.2. The van der Waals surface area contributed by atoms with Gasteiger partial charge in [0.05, 0.1) is 6.04 Å². The van der Waals surface area contributed by atoms with Gasteiger partial charge in [-0.25, -0.2) is 0 Å². The Balaban J connectivity index is 1.90. The minimum Gasteiger partial charge on any atom is -0.297 e. The standard InChI is InChI=1S/C20H15NS/c1-3-21-11-10-14(2)12-18(21)15-8-9-20-17(13-15)16-6-4-5-7-19(16)22-20/h1,4-13,18H,2H3. The summed E-state index contributed by atoms with van der Waals surface area (Å²) in [5, 5.41) is 2.64. The van der Waals surface area contributed by atoms with E-state index in [4.69, 9.17) is 6.42 Å². The van der Waals surface area contributed by atoms with Crippen molar-refractivity contribution in [3.05, 3.63) is 72.0 Å². The third kappa shape index (κ3) is 2.03. The topological polar surface area (TPSA) is 3.24 Å². The van der Waals surface area contributed by atoms with Crippen molar-refractivity contribution >= 4 is 31.5 Å². The molecule has 2 heteroatoms. The first-order valence-electron chi connectivity index (χ1n) is 7.29. The van der Waals surface area contributed by atoms with E-state index in [0.717, 1.165) is 0 Å². The minimum atomic E-state index is 0.109. The lowest BCUT2D eigenvalue weighted by Gasteiger charge is -2.26. The molecule has 1 aliphatic heterocycles. The van der Waals surface area contributed by atoms with Crippen LogP contribution in [0.5, 0.6) is 0 Å². The van der Waals surface area contributed by atoms with Gasteiger partial charge in [0, 0.05) is 32.4 Å². The Hall–Kier alpha value is -2.50. The van der Waals surface area contributed by atoms with Gasteiger partial charge in [-0.2, -0.15) is 0 Å². The summed E-state index contributed by atoms with van der Waals surface area (Å²) in [5.74, 6) is 0. The van der Waals surface area contributed by atoms with E-state index in [0.29, 0.717) is 0 Å². The van der Waals surface area contributed by atoms with Crippen molar-refractivity contribution in [1.82, 2.24) is 4.90 Å². The fraction of sp³-hybridized carbons (Fsp3) is 0.100. The lowest BCUT2D eigenvalue weighted by atomic mass is 9.99. The second kappa shape index (κ2) is 5.05. The fourth-order valence-corrected chi connectivity index (χ4v) is 4.07. The first-order chi connectivity index (χ1) is 10.8. The second-order valence-electron chi connectivity index (χ2n) is 5.56. The lowest BCUT2D eigenvalue weighted by Crippen LogP contribution is -2.19. The van der Waals surface area contributed by atoms with Crippen molar-refractivity contribution in [2.75, 3.05) is 0 Å². The molecule has 0 amide bonds. The molecule has 3 aromatic rings. The van der Waals surface area contributed by atoms with E-state index in [9.17, 15) is 0 Å². The molecule has 1 aromatic heterocycles. The van der Waals surface area contributed by atoms with Crippen LogP contribution in [0.2, 0.25) is 0 Å². The monoisotopic (exact) mass is 301 g/mol. The second-order valence-corrected chi connectivity index (χ2v) is 6.65. The summed E-state index contributed by atoms with van der Waals surface area (Å²) >= 11 is 1.84. The van der Waals surface area contributed by atoms with E-state index in [2.05, 4.69) is 67.6 Å². The predicted molar refractivity (Wildman–Crippen MR) is 95.6 cm³/mol. The zero-order chi connectivity index (χ0) is 15.1. The Bertz CT molecular complexity index is 968. The van der Waals surface area contributed by atoms with Crippen molar-refractivity contribution in [2.45, 2.75) is 13.0 Å². The zero-order valence-electron chi connectivity index (χ0n) is 12.3. The third-order valence-corrected chi connectivity index (χ3v) is 5.26. The lowest BCUT2D eigenvalue weighted by molar-refractivity contribution is 0.456. The number of allylic oxidation sites excluding steroid dienone is 2. The first-order valence-corrected chi connectivity index (χ1v) is 8.10. The summed E-state index contributed by atoms with van der Waals surface area (Å²) in [4.78, 5) is 1.92. The van der Waals surface area contributed by atoms with Crippen LogP contribution in [-0.2, 0) is 0 Å². The SMILES string of the molecule is C#CN1C=CC(C)=CC1c1ccc2sc3ccccc3c2c1. The molecular weight excluding hydrogens is 286 g/mol. The summed E-state index contributed by atoms with van der Waals surface area (Å²) < 4.78 is 2.66. The van der Waals surface area contributed by atoms with Crippen molar-refractivity contribution in [1.29, 1.82) is 0 Å². The van der Waals surface area contributed by atoms with Gasteiger partial charge in [0.15, 0.2) is 0 Å². The van der Waals surface area contributed by atoms with Gasteiger partial charge in [-0.1, -0.05) is 42.3 Å². The molecule has 1 unspecified atom stereocenters. The summed E-state index contributed by atoms with van der Waals surface area (Å²) in [7, 11) is 0. The Morgan fingerprint density at radius 2 is 1.91 bits per heavy atom. The van der Waals surface area contributed by atoms with Gasteiger partial charge in [-0.15, -0.1) is 11.3 Å². The molecule has 2 aromatic carbocycles.